The number of rotatable bonds is 4. The summed E-state index contributed by atoms with van der Waals surface area (Å²) in [6, 6.07) is 12.8. The average Bonchev–Trinajstić information content (AvgIpc) is 2.38. The van der Waals surface area contributed by atoms with E-state index in [0.717, 1.165) is 5.69 Å². The van der Waals surface area contributed by atoms with Crippen LogP contribution in [0.3, 0.4) is 0 Å². The van der Waals surface area contributed by atoms with E-state index in [-0.39, 0.29) is 5.69 Å². The van der Waals surface area contributed by atoms with Crippen LogP contribution in [-0.4, -0.2) is 4.92 Å². The maximum atomic E-state index is 10.6. The quantitative estimate of drug-likeness (QED) is 0.668. The van der Waals surface area contributed by atoms with E-state index < -0.39 is 4.92 Å². The van der Waals surface area contributed by atoms with Crippen molar-refractivity contribution in [2.45, 2.75) is 20.4 Å². The van der Waals surface area contributed by atoms with Crippen molar-refractivity contribution < 1.29 is 4.92 Å². The topological polar surface area (TPSA) is 55.2 Å². The van der Waals surface area contributed by atoms with E-state index >= 15 is 0 Å². The van der Waals surface area contributed by atoms with Crippen molar-refractivity contribution in [3.05, 3.63) is 69.3 Å². The van der Waals surface area contributed by atoms with Crippen molar-refractivity contribution in [3.63, 3.8) is 0 Å². The molecule has 0 amide bonds. The lowest BCUT2D eigenvalue weighted by atomic mass is 10.1. The smallest absolute Gasteiger partial charge is 0.269 e. The van der Waals surface area contributed by atoms with Gasteiger partial charge in [0.25, 0.3) is 5.69 Å². The Bertz CT molecular complexity index is 592. The molecule has 4 nitrogen and oxygen atoms in total. The van der Waals surface area contributed by atoms with Gasteiger partial charge >= 0.3 is 0 Å². The van der Waals surface area contributed by atoms with Gasteiger partial charge in [0.1, 0.15) is 0 Å². The average molecular weight is 256 g/mol. The van der Waals surface area contributed by atoms with Crippen LogP contribution in [-0.2, 0) is 6.54 Å². The molecular formula is C15H16N2O2. The summed E-state index contributed by atoms with van der Waals surface area (Å²) in [4.78, 5) is 10.2. The molecule has 0 aliphatic carbocycles. The van der Waals surface area contributed by atoms with Gasteiger partial charge in [-0.1, -0.05) is 23.8 Å². The van der Waals surface area contributed by atoms with E-state index in [2.05, 4.69) is 37.4 Å². The summed E-state index contributed by atoms with van der Waals surface area (Å²) in [5, 5.41) is 13.8. The van der Waals surface area contributed by atoms with Crippen LogP contribution in [0.5, 0.6) is 0 Å². The fraction of sp³-hybridized carbons (Fsp3) is 0.200. The monoisotopic (exact) mass is 256 g/mol. The molecule has 0 heterocycles. The molecule has 0 radical (unpaired) electrons. The highest BCUT2D eigenvalue weighted by atomic mass is 16.6. The zero-order chi connectivity index (χ0) is 13.8. The van der Waals surface area contributed by atoms with Crippen LogP contribution in [0.4, 0.5) is 11.4 Å². The van der Waals surface area contributed by atoms with Crippen molar-refractivity contribution in [2.75, 3.05) is 5.32 Å². The number of nitro benzene ring substituents is 1. The molecule has 1 N–H and O–H groups in total. The Kier molecular flexibility index (Phi) is 3.80. The summed E-state index contributed by atoms with van der Waals surface area (Å²) in [5.41, 5.74) is 4.71. The molecule has 2 rings (SSSR count). The number of aryl methyl sites for hydroxylation is 2. The predicted octanol–water partition coefficient (Wildman–Crippen LogP) is 3.82. The number of anilines is 1. The summed E-state index contributed by atoms with van der Waals surface area (Å²) in [6.07, 6.45) is 0. The molecule has 4 heteroatoms. The Labute approximate surface area is 112 Å². The van der Waals surface area contributed by atoms with Gasteiger partial charge in [0.15, 0.2) is 0 Å². The number of nitrogens with zero attached hydrogens (tertiary/aromatic N) is 1. The molecule has 98 valence electrons. The SMILES string of the molecule is Cc1ccc(CNc2ccc([N+](=O)[O-])cc2)c(C)c1. The van der Waals surface area contributed by atoms with E-state index in [1.54, 1.807) is 12.1 Å². The summed E-state index contributed by atoms with van der Waals surface area (Å²) in [5.74, 6) is 0. The van der Waals surface area contributed by atoms with Crippen molar-refractivity contribution in [1.82, 2.24) is 0 Å². The summed E-state index contributed by atoms with van der Waals surface area (Å²) < 4.78 is 0. The lowest BCUT2D eigenvalue weighted by Crippen LogP contribution is -2.01. The summed E-state index contributed by atoms with van der Waals surface area (Å²) in [7, 11) is 0. The molecule has 0 bridgehead atoms. The summed E-state index contributed by atoms with van der Waals surface area (Å²) in [6.45, 7) is 4.87. The largest absolute Gasteiger partial charge is 0.381 e. The number of hydrogen-bond acceptors (Lipinski definition) is 3. The third kappa shape index (κ3) is 3.31. The molecule has 0 spiro atoms. The number of non-ortho nitro benzene ring substituents is 1. The first-order chi connectivity index (χ1) is 9.06. The van der Waals surface area contributed by atoms with E-state index in [9.17, 15) is 10.1 Å². The second-order valence-electron chi connectivity index (χ2n) is 4.59. The van der Waals surface area contributed by atoms with Crippen LogP contribution < -0.4 is 5.32 Å². The van der Waals surface area contributed by atoms with Gasteiger partial charge in [0, 0.05) is 24.4 Å². The minimum Gasteiger partial charge on any atom is -0.381 e. The van der Waals surface area contributed by atoms with Crippen LogP contribution in [0.15, 0.2) is 42.5 Å². The zero-order valence-electron chi connectivity index (χ0n) is 11.0. The maximum Gasteiger partial charge on any atom is 0.269 e. The van der Waals surface area contributed by atoms with Crippen LogP contribution in [0.1, 0.15) is 16.7 Å². The second kappa shape index (κ2) is 5.52. The molecule has 0 saturated carbocycles. The number of benzene rings is 2. The molecular weight excluding hydrogens is 240 g/mol. The molecule has 0 aromatic heterocycles. The highest BCUT2D eigenvalue weighted by molar-refractivity contribution is 5.49. The van der Waals surface area contributed by atoms with Crippen LogP contribution in [0.2, 0.25) is 0 Å². The number of hydrogen-bond donors (Lipinski definition) is 1. The van der Waals surface area contributed by atoms with Crippen LogP contribution in [0.25, 0.3) is 0 Å². The molecule has 0 unspecified atom stereocenters. The fourth-order valence-electron chi connectivity index (χ4n) is 1.94. The van der Waals surface area contributed by atoms with Gasteiger partial charge in [-0.2, -0.15) is 0 Å². The second-order valence-corrected chi connectivity index (χ2v) is 4.59. The summed E-state index contributed by atoms with van der Waals surface area (Å²) >= 11 is 0. The Hall–Kier alpha value is -2.36. The van der Waals surface area contributed by atoms with Crippen molar-refractivity contribution in [3.8, 4) is 0 Å². The third-order valence-electron chi connectivity index (χ3n) is 3.06. The van der Waals surface area contributed by atoms with E-state index in [4.69, 9.17) is 0 Å². The Balaban J connectivity index is 2.04. The van der Waals surface area contributed by atoms with Gasteiger partial charge in [0.05, 0.1) is 4.92 Å². The van der Waals surface area contributed by atoms with Crippen molar-refractivity contribution >= 4 is 11.4 Å². The first kappa shape index (κ1) is 13.1. The standard InChI is InChI=1S/C15H16N2O2/c1-11-3-4-13(12(2)9-11)10-16-14-5-7-15(8-6-14)17(18)19/h3-9,16H,10H2,1-2H3. The van der Waals surface area contributed by atoms with E-state index in [1.165, 1.54) is 28.8 Å². The van der Waals surface area contributed by atoms with Gasteiger partial charge in [-0.25, -0.2) is 0 Å². The van der Waals surface area contributed by atoms with Gasteiger partial charge in [-0.3, -0.25) is 10.1 Å². The number of nitro groups is 1. The molecule has 19 heavy (non-hydrogen) atoms. The Morgan fingerprint density at radius 1 is 1.11 bits per heavy atom. The Morgan fingerprint density at radius 3 is 2.37 bits per heavy atom. The van der Waals surface area contributed by atoms with Gasteiger partial charge in [-0.05, 0) is 37.1 Å². The highest BCUT2D eigenvalue weighted by Gasteiger charge is 2.04. The lowest BCUT2D eigenvalue weighted by Gasteiger charge is -2.09. The molecule has 0 saturated heterocycles. The maximum absolute atomic E-state index is 10.6. The van der Waals surface area contributed by atoms with Crippen LogP contribution in [0, 0.1) is 24.0 Å². The Morgan fingerprint density at radius 2 is 1.79 bits per heavy atom. The highest BCUT2D eigenvalue weighted by Crippen LogP contribution is 2.17. The predicted molar refractivity (Wildman–Crippen MR) is 76.3 cm³/mol. The number of nitrogens with one attached hydrogen (secondary N) is 1. The van der Waals surface area contributed by atoms with Crippen molar-refractivity contribution in [2.24, 2.45) is 0 Å². The lowest BCUT2D eigenvalue weighted by molar-refractivity contribution is -0.384. The first-order valence-corrected chi connectivity index (χ1v) is 6.11. The molecule has 2 aromatic rings. The van der Waals surface area contributed by atoms with Gasteiger partial charge < -0.3 is 5.32 Å². The fourth-order valence-corrected chi connectivity index (χ4v) is 1.94. The van der Waals surface area contributed by atoms with E-state index in [0.29, 0.717) is 6.54 Å². The van der Waals surface area contributed by atoms with Gasteiger partial charge in [-0.15, -0.1) is 0 Å². The molecule has 0 fully saturated rings. The first-order valence-electron chi connectivity index (χ1n) is 6.11. The minimum atomic E-state index is -0.395. The van der Waals surface area contributed by atoms with Crippen molar-refractivity contribution in [1.29, 1.82) is 0 Å². The zero-order valence-corrected chi connectivity index (χ0v) is 11.0. The molecule has 2 aromatic carbocycles. The van der Waals surface area contributed by atoms with E-state index in [1.807, 2.05) is 0 Å². The minimum absolute atomic E-state index is 0.108. The van der Waals surface area contributed by atoms with Gasteiger partial charge in [0.2, 0.25) is 0 Å². The third-order valence-corrected chi connectivity index (χ3v) is 3.06. The normalized spacial score (nSPS) is 10.2. The van der Waals surface area contributed by atoms with Crippen LogP contribution >= 0.6 is 0 Å². The molecule has 0 atom stereocenters. The molecule has 0 aliphatic rings. The molecule has 0 aliphatic heterocycles.